The maximum atomic E-state index is 13.2. The van der Waals surface area contributed by atoms with Crippen LogP contribution in [0.3, 0.4) is 0 Å². The van der Waals surface area contributed by atoms with Gasteiger partial charge in [0.1, 0.15) is 12.1 Å². The molecule has 0 aromatic rings. The number of piperidine rings is 1. The van der Waals surface area contributed by atoms with Crippen LogP contribution in [0, 0.1) is 28.6 Å². The molecule has 0 aromatic carbocycles. The average molecular weight is 545 g/mol. The number of ketones is 1. The Kier molecular flexibility index (Phi) is 9.27. The summed E-state index contributed by atoms with van der Waals surface area (Å²) in [7, 11) is -1.99. The maximum absolute atomic E-state index is 13.2. The predicted octanol–water partition coefficient (Wildman–Crippen LogP) is 3.45. The van der Waals surface area contributed by atoms with Crippen molar-refractivity contribution in [2.45, 2.75) is 109 Å². The van der Waals surface area contributed by atoms with E-state index in [1.54, 1.807) is 20.8 Å². The lowest BCUT2D eigenvalue weighted by atomic mass is 9.77. The SMILES string of the molecule is CC(C)(C)C(CC(=O)C(F)(F)F)C(=O)NC(C[Si](C)(C)C)C(=O)NC(C#N)CC1CCC2(CC2)NC1=O. The highest BCUT2D eigenvalue weighted by molar-refractivity contribution is 6.76. The van der Waals surface area contributed by atoms with Crippen molar-refractivity contribution in [2.75, 3.05) is 0 Å². The summed E-state index contributed by atoms with van der Waals surface area (Å²) in [4.78, 5) is 50.5. The van der Waals surface area contributed by atoms with Gasteiger partial charge in [0, 0.05) is 26.0 Å². The van der Waals surface area contributed by atoms with Crippen molar-refractivity contribution < 1.29 is 32.3 Å². The standard InChI is InChI=1S/C25H39F3N4O4Si/c1-23(2,3)17(12-19(33)25(26,27)28)21(35)31-18(14-37(4,5)6)22(36)30-16(13-29)11-15-7-8-24(9-10-24)32-20(15)34/h15-18H,7-12,14H2,1-6H3,(H,30,36)(H,31,35)(H,32,34). The molecule has 8 nitrogen and oxygen atoms in total. The van der Waals surface area contributed by atoms with E-state index in [4.69, 9.17) is 0 Å². The smallest absolute Gasteiger partial charge is 0.350 e. The van der Waals surface area contributed by atoms with Gasteiger partial charge in [-0.25, -0.2) is 0 Å². The number of Topliss-reactive ketones (excluding diaryl/α,β-unsaturated/α-hetero) is 1. The number of amides is 3. The molecule has 4 atom stereocenters. The number of nitrogens with one attached hydrogen (secondary N) is 3. The molecule has 1 heterocycles. The zero-order valence-electron chi connectivity index (χ0n) is 22.5. The van der Waals surface area contributed by atoms with Gasteiger partial charge in [-0.05, 0) is 43.6 Å². The Balaban J connectivity index is 2.13. The van der Waals surface area contributed by atoms with E-state index in [1.807, 2.05) is 25.7 Å². The van der Waals surface area contributed by atoms with Crippen LogP contribution in [0.1, 0.15) is 59.3 Å². The Bertz CT molecular complexity index is 946. The molecule has 3 amide bonds. The number of nitrogens with zero attached hydrogens (tertiary/aromatic N) is 1. The zero-order valence-corrected chi connectivity index (χ0v) is 23.5. The van der Waals surface area contributed by atoms with E-state index in [1.165, 1.54) is 0 Å². The van der Waals surface area contributed by atoms with Crippen LogP contribution < -0.4 is 16.0 Å². The molecular weight excluding hydrogens is 505 g/mol. The van der Waals surface area contributed by atoms with Crippen LogP contribution in [0.4, 0.5) is 13.2 Å². The molecule has 2 fully saturated rings. The van der Waals surface area contributed by atoms with Crippen molar-refractivity contribution >= 4 is 31.6 Å². The van der Waals surface area contributed by atoms with Crippen molar-refractivity contribution in [3.05, 3.63) is 0 Å². The second-order valence-electron chi connectivity index (χ2n) is 12.8. The fourth-order valence-corrected chi connectivity index (χ4v) is 6.16. The first-order chi connectivity index (χ1) is 16.8. The summed E-state index contributed by atoms with van der Waals surface area (Å²) in [6.45, 7) is 10.6. The van der Waals surface area contributed by atoms with E-state index in [-0.39, 0.29) is 23.9 Å². The fourth-order valence-electron chi connectivity index (χ4n) is 4.65. The predicted molar refractivity (Wildman–Crippen MR) is 134 cm³/mol. The van der Waals surface area contributed by atoms with E-state index < -0.39 is 67.6 Å². The Labute approximate surface area is 217 Å². The van der Waals surface area contributed by atoms with Gasteiger partial charge < -0.3 is 16.0 Å². The molecule has 3 N–H and O–H groups in total. The summed E-state index contributed by atoms with van der Waals surface area (Å²) in [5.74, 6) is -5.32. The molecule has 0 radical (unpaired) electrons. The van der Waals surface area contributed by atoms with E-state index >= 15 is 0 Å². The lowest BCUT2D eigenvalue weighted by Crippen LogP contribution is -2.55. The number of hydrogen-bond acceptors (Lipinski definition) is 5. The van der Waals surface area contributed by atoms with Crippen LogP contribution in [0.15, 0.2) is 0 Å². The monoisotopic (exact) mass is 544 g/mol. The normalized spacial score (nSPS) is 21.7. The van der Waals surface area contributed by atoms with Crippen LogP contribution in [-0.4, -0.2) is 55.4 Å². The third-order valence-corrected chi connectivity index (χ3v) is 8.73. The number of carbonyl (C=O) groups excluding carboxylic acids is 4. The summed E-state index contributed by atoms with van der Waals surface area (Å²) >= 11 is 0. The van der Waals surface area contributed by atoms with Crippen LogP contribution in [0.25, 0.3) is 0 Å². The molecular formula is C25H39F3N4O4Si. The molecule has 0 aromatic heterocycles. The fraction of sp³-hybridized carbons (Fsp3) is 0.800. The van der Waals surface area contributed by atoms with Gasteiger partial charge >= 0.3 is 6.18 Å². The minimum Gasteiger partial charge on any atom is -0.350 e. The highest BCUT2D eigenvalue weighted by Crippen LogP contribution is 2.44. The van der Waals surface area contributed by atoms with Crippen molar-refractivity contribution in [1.82, 2.24) is 16.0 Å². The first-order valence-corrected chi connectivity index (χ1v) is 16.4. The van der Waals surface area contributed by atoms with Crippen molar-refractivity contribution in [1.29, 1.82) is 5.26 Å². The zero-order chi connectivity index (χ0) is 28.4. The van der Waals surface area contributed by atoms with E-state index in [0.29, 0.717) is 6.42 Å². The van der Waals surface area contributed by atoms with Crippen molar-refractivity contribution in [3.8, 4) is 6.07 Å². The summed E-state index contributed by atoms with van der Waals surface area (Å²) in [6.07, 6.45) is -2.62. The van der Waals surface area contributed by atoms with Crippen LogP contribution >= 0.6 is 0 Å². The van der Waals surface area contributed by atoms with Gasteiger partial charge in [-0.2, -0.15) is 18.4 Å². The van der Waals surface area contributed by atoms with Crippen LogP contribution in [-0.2, 0) is 19.2 Å². The second-order valence-corrected chi connectivity index (χ2v) is 18.3. The highest BCUT2D eigenvalue weighted by atomic mass is 28.3. The van der Waals surface area contributed by atoms with Gasteiger partial charge in [-0.1, -0.05) is 40.4 Å². The molecule has 4 unspecified atom stereocenters. The summed E-state index contributed by atoms with van der Waals surface area (Å²) in [5.41, 5.74) is -1.07. The van der Waals surface area contributed by atoms with Gasteiger partial charge in [0.2, 0.25) is 23.5 Å². The molecule has 1 aliphatic carbocycles. The van der Waals surface area contributed by atoms with Crippen molar-refractivity contribution in [2.24, 2.45) is 17.3 Å². The Morgan fingerprint density at radius 1 is 1.11 bits per heavy atom. The lowest BCUT2D eigenvalue weighted by molar-refractivity contribution is -0.173. The molecule has 1 saturated heterocycles. The minimum absolute atomic E-state index is 0.0945. The van der Waals surface area contributed by atoms with Gasteiger partial charge in [-0.3, -0.25) is 19.2 Å². The first-order valence-electron chi connectivity index (χ1n) is 12.7. The molecule has 2 rings (SSSR count). The van der Waals surface area contributed by atoms with Gasteiger partial charge in [0.15, 0.2) is 0 Å². The summed E-state index contributed by atoms with van der Waals surface area (Å²) < 4.78 is 38.8. The third-order valence-electron chi connectivity index (χ3n) is 7.09. The van der Waals surface area contributed by atoms with Crippen LogP contribution in [0.5, 0.6) is 0 Å². The molecule has 1 spiro atoms. The van der Waals surface area contributed by atoms with Crippen molar-refractivity contribution in [3.63, 3.8) is 0 Å². The second kappa shape index (κ2) is 11.1. The molecule has 12 heteroatoms. The lowest BCUT2D eigenvalue weighted by Gasteiger charge is -2.33. The van der Waals surface area contributed by atoms with Gasteiger partial charge in [-0.15, -0.1) is 0 Å². The maximum Gasteiger partial charge on any atom is 0.449 e. The van der Waals surface area contributed by atoms with E-state index in [9.17, 15) is 37.6 Å². The Morgan fingerprint density at radius 2 is 1.70 bits per heavy atom. The first kappa shape index (κ1) is 30.8. The number of alkyl halides is 3. The highest BCUT2D eigenvalue weighted by Gasteiger charge is 2.48. The van der Waals surface area contributed by atoms with E-state index in [2.05, 4.69) is 16.0 Å². The third kappa shape index (κ3) is 9.12. The largest absolute Gasteiger partial charge is 0.449 e. The Morgan fingerprint density at radius 3 is 2.14 bits per heavy atom. The van der Waals surface area contributed by atoms with Gasteiger partial charge in [0.05, 0.1) is 12.0 Å². The summed E-state index contributed by atoms with van der Waals surface area (Å²) in [6, 6.07) is 0.235. The molecule has 2 aliphatic rings. The molecule has 208 valence electrons. The molecule has 1 aliphatic heterocycles. The minimum atomic E-state index is -5.07. The number of halogens is 3. The number of rotatable bonds is 10. The number of hydrogen-bond donors (Lipinski definition) is 3. The molecule has 1 saturated carbocycles. The molecule has 0 bridgehead atoms. The average Bonchev–Trinajstić information content (AvgIpc) is 3.48. The van der Waals surface area contributed by atoms with Gasteiger partial charge in [0.25, 0.3) is 0 Å². The number of carbonyl (C=O) groups is 4. The molecule has 37 heavy (non-hydrogen) atoms. The van der Waals surface area contributed by atoms with Crippen LogP contribution in [0.2, 0.25) is 25.7 Å². The quantitative estimate of drug-likeness (QED) is 0.363. The Hall–Kier alpha value is -2.42. The van der Waals surface area contributed by atoms with E-state index in [0.717, 1.165) is 19.3 Å². The number of nitriles is 1. The summed E-state index contributed by atoms with van der Waals surface area (Å²) in [5, 5.41) is 17.9. The topological polar surface area (TPSA) is 128 Å².